The molecule has 0 saturated carbocycles. The molecule has 6 heteroatoms. The van der Waals surface area contributed by atoms with Crippen LogP contribution in [0.2, 0.25) is 0 Å². The van der Waals surface area contributed by atoms with Gasteiger partial charge in [0.25, 0.3) is 0 Å². The van der Waals surface area contributed by atoms with E-state index in [2.05, 4.69) is 20.1 Å². The average Bonchev–Trinajstić information content (AvgIpc) is 2.61. The molecule has 152 valence electrons. The highest BCUT2D eigenvalue weighted by atomic mass is 32.3. The van der Waals surface area contributed by atoms with E-state index in [1.807, 2.05) is 30.3 Å². The van der Waals surface area contributed by atoms with E-state index >= 15 is 0 Å². The first kappa shape index (κ1) is 26.9. The second-order valence-electron chi connectivity index (χ2n) is 5.79. The molecule has 0 heterocycles. The lowest BCUT2D eigenvalue weighted by Gasteiger charge is -2.05. The van der Waals surface area contributed by atoms with Gasteiger partial charge in [-0.3, -0.25) is 9.11 Å². The molecule has 0 aromatic heterocycles. The van der Waals surface area contributed by atoms with Crippen LogP contribution in [0.1, 0.15) is 71.1 Å². The Kier molecular flexibility index (Phi) is 20.6. The molecule has 0 bridgehead atoms. The first-order valence-electron chi connectivity index (χ1n) is 9.31. The van der Waals surface area contributed by atoms with Gasteiger partial charge in [-0.05, 0) is 18.6 Å². The van der Waals surface area contributed by atoms with Crippen LogP contribution in [0.5, 0.6) is 5.75 Å². The molecule has 1 aromatic carbocycles. The van der Waals surface area contributed by atoms with Crippen molar-refractivity contribution in [2.75, 3.05) is 6.61 Å². The zero-order chi connectivity index (χ0) is 20.1. The summed E-state index contributed by atoms with van der Waals surface area (Å²) in [4.78, 5) is 0. The third kappa shape index (κ3) is 27.5. The van der Waals surface area contributed by atoms with Gasteiger partial charge < -0.3 is 4.74 Å². The lowest BCUT2D eigenvalue weighted by molar-refractivity contribution is 0.304. The van der Waals surface area contributed by atoms with Crippen LogP contribution in [0.3, 0.4) is 0 Å². The summed E-state index contributed by atoms with van der Waals surface area (Å²) in [5.74, 6) is 0.999. The largest absolute Gasteiger partial charge is 0.494 e. The van der Waals surface area contributed by atoms with Crippen LogP contribution >= 0.6 is 0 Å². The molecular weight excluding hydrogens is 352 g/mol. The van der Waals surface area contributed by atoms with Crippen molar-refractivity contribution in [3.63, 3.8) is 0 Å². The smallest absolute Gasteiger partial charge is 0.394 e. The Hall–Kier alpha value is -1.37. The van der Waals surface area contributed by atoms with Gasteiger partial charge >= 0.3 is 10.4 Å². The molecule has 0 aliphatic carbocycles. The lowest BCUT2D eigenvalue weighted by Crippen LogP contribution is -1.96. The molecule has 1 rings (SSSR count). The van der Waals surface area contributed by atoms with Crippen LogP contribution in [-0.4, -0.2) is 24.1 Å². The summed E-state index contributed by atoms with van der Waals surface area (Å²) in [6.07, 6.45) is 13.7. The SMILES string of the molecule is C=C.CCCCCCCCCCCCOc1ccccc1.O=S(=O)(O)O. The zero-order valence-electron chi connectivity index (χ0n) is 16.1. The number of para-hydroxylation sites is 1. The summed E-state index contributed by atoms with van der Waals surface area (Å²) in [6.45, 7) is 9.14. The quantitative estimate of drug-likeness (QED) is 0.255. The summed E-state index contributed by atoms with van der Waals surface area (Å²) >= 11 is 0. The van der Waals surface area contributed by atoms with E-state index in [1.54, 1.807) is 0 Å². The minimum atomic E-state index is -4.67. The fourth-order valence-corrected chi connectivity index (χ4v) is 2.30. The first-order chi connectivity index (χ1) is 12.4. The molecule has 0 amide bonds. The number of hydrogen-bond acceptors (Lipinski definition) is 3. The second kappa shape index (κ2) is 19.9. The van der Waals surface area contributed by atoms with Crippen molar-refractivity contribution in [3.8, 4) is 5.75 Å². The molecular formula is C20H36O5S. The maximum absolute atomic E-state index is 8.74. The Balaban J connectivity index is 0. The van der Waals surface area contributed by atoms with Crippen molar-refractivity contribution in [3.05, 3.63) is 43.5 Å². The van der Waals surface area contributed by atoms with E-state index in [0.29, 0.717) is 0 Å². The summed E-state index contributed by atoms with van der Waals surface area (Å²) in [5, 5.41) is 0. The second-order valence-corrected chi connectivity index (χ2v) is 6.69. The fraction of sp³-hybridized carbons (Fsp3) is 0.600. The third-order valence-electron chi connectivity index (χ3n) is 3.51. The maximum Gasteiger partial charge on any atom is 0.394 e. The lowest BCUT2D eigenvalue weighted by atomic mass is 10.1. The molecule has 0 atom stereocenters. The van der Waals surface area contributed by atoms with Crippen LogP contribution in [-0.2, 0) is 10.4 Å². The minimum absolute atomic E-state index is 0.862. The van der Waals surface area contributed by atoms with E-state index in [1.165, 1.54) is 64.2 Å². The van der Waals surface area contributed by atoms with Crippen molar-refractivity contribution in [2.45, 2.75) is 71.1 Å². The van der Waals surface area contributed by atoms with Crippen molar-refractivity contribution < 1.29 is 22.3 Å². The summed E-state index contributed by atoms with van der Waals surface area (Å²) in [7, 11) is -4.67. The molecule has 0 fully saturated rings. The molecule has 2 N–H and O–H groups in total. The molecule has 5 nitrogen and oxygen atoms in total. The Morgan fingerprint density at radius 3 is 1.62 bits per heavy atom. The van der Waals surface area contributed by atoms with E-state index < -0.39 is 10.4 Å². The van der Waals surface area contributed by atoms with Gasteiger partial charge in [0.05, 0.1) is 6.61 Å². The molecule has 0 spiro atoms. The average molecular weight is 389 g/mol. The maximum atomic E-state index is 8.74. The van der Waals surface area contributed by atoms with Gasteiger partial charge in [-0.2, -0.15) is 8.42 Å². The van der Waals surface area contributed by atoms with E-state index in [-0.39, 0.29) is 0 Å². The Labute approximate surface area is 160 Å². The molecule has 0 aliphatic heterocycles. The highest BCUT2D eigenvalue weighted by molar-refractivity contribution is 7.79. The predicted octanol–water partition coefficient (Wildman–Crippen LogP) is 6.14. The molecule has 0 saturated heterocycles. The standard InChI is InChI=1S/C18H30O.C2H4.H2O4S/c1-2-3-4-5-6-7-8-9-10-14-17-19-18-15-12-11-13-16-18;1-2;1-5(2,3)4/h11-13,15-16H,2-10,14,17H2,1H3;1-2H2;(H2,1,2,3,4). The van der Waals surface area contributed by atoms with Crippen molar-refractivity contribution in [1.82, 2.24) is 0 Å². The highest BCUT2D eigenvalue weighted by Crippen LogP contribution is 2.12. The van der Waals surface area contributed by atoms with Crippen LogP contribution < -0.4 is 4.74 Å². The topological polar surface area (TPSA) is 83.8 Å². The van der Waals surface area contributed by atoms with Crippen LogP contribution in [0.4, 0.5) is 0 Å². The number of unbranched alkanes of at least 4 members (excludes halogenated alkanes) is 9. The van der Waals surface area contributed by atoms with E-state index in [4.69, 9.17) is 22.3 Å². The molecule has 26 heavy (non-hydrogen) atoms. The van der Waals surface area contributed by atoms with Crippen LogP contribution in [0.25, 0.3) is 0 Å². The predicted molar refractivity (Wildman–Crippen MR) is 109 cm³/mol. The molecule has 1 aromatic rings. The number of benzene rings is 1. The summed E-state index contributed by atoms with van der Waals surface area (Å²) in [6, 6.07) is 10.1. The minimum Gasteiger partial charge on any atom is -0.494 e. The molecule has 0 radical (unpaired) electrons. The molecule has 0 aliphatic rings. The zero-order valence-corrected chi connectivity index (χ0v) is 16.9. The molecule has 0 unspecified atom stereocenters. The first-order valence-corrected chi connectivity index (χ1v) is 10.7. The van der Waals surface area contributed by atoms with Gasteiger partial charge in [0.1, 0.15) is 5.75 Å². The van der Waals surface area contributed by atoms with Crippen molar-refractivity contribution in [2.24, 2.45) is 0 Å². The van der Waals surface area contributed by atoms with E-state index in [0.717, 1.165) is 12.4 Å². The summed E-state index contributed by atoms with van der Waals surface area (Å²) in [5.41, 5.74) is 0. The van der Waals surface area contributed by atoms with Gasteiger partial charge in [0.15, 0.2) is 0 Å². The Bertz CT molecular complexity index is 480. The van der Waals surface area contributed by atoms with Gasteiger partial charge in [0.2, 0.25) is 0 Å². The number of rotatable bonds is 12. The monoisotopic (exact) mass is 388 g/mol. The Morgan fingerprint density at radius 1 is 0.808 bits per heavy atom. The van der Waals surface area contributed by atoms with Gasteiger partial charge in [-0.1, -0.05) is 82.9 Å². The summed E-state index contributed by atoms with van der Waals surface area (Å²) < 4.78 is 37.3. The fourth-order valence-electron chi connectivity index (χ4n) is 2.30. The van der Waals surface area contributed by atoms with Gasteiger partial charge in [-0.25, -0.2) is 0 Å². The van der Waals surface area contributed by atoms with Crippen molar-refractivity contribution >= 4 is 10.4 Å². The van der Waals surface area contributed by atoms with Gasteiger partial charge in [-0.15, -0.1) is 13.2 Å². The number of hydrogen-bond donors (Lipinski definition) is 2. The van der Waals surface area contributed by atoms with Crippen molar-refractivity contribution in [1.29, 1.82) is 0 Å². The van der Waals surface area contributed by atoms with E-state index in [9.17, 15) is 0 Å². The third-order valence-corrected chi connectivity index (χ3v) is 3.51. The normalized spacial score (nSPS) is 10.1. The Morgan fingerprint density at radius 2 is 1.19 bits per heavy atom. The van der Waals surface area contributed by atoms with Crippen LogP contribution in [0.15, 0.2) is 43.5 Å². The van der Waals surface area contributed by atoms with Crippen LogP contribution in [0, 0.1) is 0 Å². The highest BCUT2D eigenvalue weighted by Gasteiger charge is 1.94. The van der Waals surface area contributed by atoms with Gasteiger partial charge in [0, 0.05) is 0 Å². The number of ether oxygens (including phenoxy) is 1.